The van der Waals surface area contributed by atoms with Crippen molar-refractivity contribution in [3.63, 3.8) is 0 Å². The van der Waals surface area contributed by atoms with Gasteiger partial charge >= 0.3 is 0 Å². The lowest BCUT2D eigenvalue weighted by Crippen LogP contribution is -2.16. The number of sulfonamides is 1. The first kappa shape index (κ1) is 13.6. The first-order chi connectivity index (χ1) is 7.44. The smallest absolute Gasteiger partial charge is 0.232 e. The van der Waals surface area contributed by atoms with Crippen molar-refractivity contribution in [1.82, 2.24) is 0 Å². The van der Waals surface area contributed by atoms with E-state index in [1.807, 2.05) is 6.92 Å². The number of rotatable bonds is 5. The van der Waals surface area contributed by atoms with Gasteiger partial charge in [0.25, 0.3) is 0 Å². The maximum atomic E-state index is 11.6. The molecule has 0 saturated carbocycles. The van der Waals surface area contributed by atoms with Gasteiger partial charge in [-0.15, -0.1) is 0 Å². The maximum Gasteiger partial charge on any atom is 0.232 e. The van der Waals surface area contributed by atoms with E-state index < -0.39 is 10.0 Å². The number of nitrogens with one attached hydrogen (secondary N) is 1. The summed E-state index contributed by atoms with van der Waals surface area (Å²) < 4.78 is 25.6. The molecule has 1 aromatic carbocycles. The zero-order chi connectivity index (χ0) is 12.2. The minimum atomic E-state index is -3.31. The Balaban J connectivity index is 2.80. The van der Waals surface area contributed by atoms with Gasteiger partial charge in [0.15, 0.2) is 0 Å². The quantitative estimate of drug-likeness (QED) is 0.897. The summed E-state index contributed by atoms with van der Waals surface area (Å²) in [5, 5.41) is 0.772. The van der Waals surface area contributed by atoms with Crippen molar-refractivity contribution in [1.29, 1.82) is 0 Å². The third-order valence-electron chi connectivity index (χ3n) is 1.96. The van der Waals surface area contributed by atoms with Gasteiger partial charge in [0, 0.05) is 5.02 Å². The van der Waals surface area contributed by atoms with Crippen LogP contribution in [0, 0.1) is 0 Å². The molecule has 90 valence electrons. The standard InChI is InChI=1S/C10H13Cl2NO2S/c1-2-3-6-16(14,15)13-10-5-4-8(11)7-9(10)12/h4-5,7,13H,2-3,6H2,1H3. The lowest BCUT2D eigenvalue weighted by atomic mass is 10.3. The van der Waals surface area contributed by atoms with E-state index in [0.29, 0.717) is 22.2 Å². The highest BCUT2D eigenvalue weighted by molar-refractivity contribution is 7.92. The molecule has 0 atom stereocenters. The predicted molar refractivity (Wildman–Crippen MR) is 68.8 cm³/mol. The van der Waals surface area contributed by atoms with Crippen LogP contribution in [0.5, 0.6) is 0 Å². The Labute approximate surface area is 106 Å². The molecule has 1 aromatic rings. The van der Waals surface area contributed by atoms with E-state index in [-0.39, 0.29) is 5.75 Å². The SMILES string of the molecule is CCCCS(=O)(=O)Nc1ccc(Cl)cc1Cl. The van der Waals surface area contributed by atoms with Crippen LogP contribution in [0.4, 0.5) is 5.69 Å². The highest BCUT2D eigenvalue weighted by Crippen LogP contribution is 2.26. The Morgan fingerprint density at radius 2 is 2.00 bits per heavy atom. The molecule has 0 aliphatic carbocycles. The van der Waals surface area contributed by atoms with Crippen molar-refractivity contribution < 1.29 is 8.42 Å². The molecule has 6 heteroatoms. The summed E-state index contributed by atoms with van der Waals surface area (Å²) in [6, 6.07) is 4.64. The van der Waals surface area contributed by atoms with E-state index in [9.17, 15) is 8.42 Å². The van der Waals surface area contributed by atoms with Crippen LogP contribution in [-0.4, -0.2) is 14.2 Å². The van der Waals surface area contributed by atoms with Crippen LogP contribution in [0.2, 0.25) is 10.0 Å². The fourth-order valence-corrected chi connectivity index (χ4v) is 2.92. The Morgan fingerprint density at radius 1 is 1.31 bits per heavy atom. The molecule has 0 aliphatic rings. The summed E-state index contributed by atoms with van der Waals surface area (Å²) in [4.78, 5) is 0. The van der Waals surface area contributed by atoms with Gasteiger partial charge < -0.3 is 0 Å². The summed E-state index contributed by atoms with van der Waals surface area (Å²) in [7, 11) is -3.31. The van der Waals surface area contributed by atoms with Gasteiger partial charge in [0.1, 0.15) is 0 Å². The van der Waals surface area contributed by atoms with Crippen LogP contribution >= 0.6 is 23.2 Å². The summed E-state index contributed by atoms with van der Waals surface area (Å²) in [5.41, 5.74) is 0.363. The fraction of sp³-hybridized carbons (Fsp3) is 0.400. The molecular weight excluding hydrogens is 269 g/mol. The van der Waals surface area contributed by atoms with Gasteiger partial charge in [-0.05, 0) is 24.6 Å². The van der Waals surface area contributed by atoms with Gasteiger partial charge in [-0.1, -0.05) is 36.5 Å². The number of benzene rings is 1. The Bertz CT molecular complexity index is 460. The maximum absolute atomic E-state index is 11.6. The van der Waals surface area contributed by atoms with E-state index in [0.717, 1.165) is 6.42 Å². The van der Waals surface area contributed by atoms with E-state index in [1.54, 1.807) is 12.1 Å². The minimum absolute atomic E-state index is 0.0997. The van der Waals surface area contributed by atoms with Crippen molar-refractivity contribution in [2.24, 2.45) is 0 Å². The van der Waals surface area contributed by atoms with Crippen molar-refractivity contribution in [2.45, 2.75) is 19.8 Å². The van der Waals surface area contributed by atoms with Crippen LogP contribution in [0.25, 0.3) is 0 Å². The number of hydrogen-bond donors (Lipinski definition) is 1. The lowest BCUT2D eigenvalue weighted by molar-refractivity contribution is 0.598. The number of hydrogen-bond acceptors (Lipinski definition) is 2. The molecule has 0 spiro atoms. The van der Waals surface area contributed by atoms with E-state index in [4.69, 9.17) is 23.2 Å². The first-order valence-electron chi connectivity index (χ1n) is 4.90. The number of anilines is 1. The van der Waals surface area contributed by atoms with E-state index in [1.165, 1.54) is 6.07 Å². The van der Waals surface area contributed by atoms with Crippen molar-refractivity contribution in [3.05, 3.63) is 28.2 Å². The normalized spacial score (nSPS) is 11.4. The zero-order valence-corrected chi connectivity index (χ0v) is 11.2. The molecular formula is C10H13Cl2NO2S. The van der Waals surface area contributed by atoms with Crippen LogP contribution in [0.3, 0.4) is 0 Å². The fourth-order valence-electron chi connectivity index (χ4n) is 1.13. The molecule has 0 aliphatic heterocycles. The molecule has 0 unspecified atom stereocenters. The molecule has 0 saturated heterocycles. The first-order valence-corrected chi connectivity index (χ1v) is 7.31. The summed E-state index contributed by atoms with van der Waals surface area (Å²) in [6.45, 7) is 1.94. The molecule has 16 heavy (non-hydrogen) atoms. The van der Waals surface area contributed by atoms with Gasteiger partial charge in [-0.3, -0.25) is 4.72 Å². The van der Waals surface area contributed by atoms with Gasteiger partial charge in [-0.25, -0.2) is 8.42 Å². The molecule has 0 heterocycles. The lowest BCUT2D eigenvalue weighted by Gasteiger charge is -2.09. The van der Waals surface area contributed by atoms with Crippen LogP contribution in [0.15, 0.2) is 18.2 Å². The molecule has 0 bridgehead atoms. The average Bonchev–Trinajstić information content (AvgIpc) is 2.19. The summed E-state index contributed by atoms with van der Waals surface area (Å²) in [6.07, 6.45) is 1.45. The third kappa shape index (κ3) is 4.20. The van der Waals surface area contributed by atoms with Gasteiger partial charge in [0.05, 0.1) is 16.5 Å². The van der Waals surface area contributed by atoms with Crippen molar-refractivity contribution >= 4 is 38.9 Å². The minimum Gasteiger partial charge on any atom is -0.282 e. The van der Waals surface area contributed by atoms with Crippen LogP contribution in [-0.2, 0) is 10.0 Å². The highest BCUT2D eigenvalue weighted by Gasteiger charge is 2.11. The molecule has 1 N–H and O–H groups in total. The Hall–Kier alpha value is -0.450. The Morgan fingerprint density at radius 3 is 2.56 bits per heavy atom. The monoisotopic (exact) mass is 281 g/mol. The topological polar surface area (TPSA) is 46.2 Å². The Kier molecular flexibility index (Phi) is 4.89. The second-order valence-corrected chi connectivity index (χ2v) is 6.08. The average molecular weight is 282 g/mol. The predicted octanol–water partition coefficient (Wildman–Crippen LogP) is 3.54. The molecule has 1 rings (SSSR count). The highest BCUT2D eigenvalue weighted by atomic mass is 35.5. The van der Waals surface area contributed by atoms with E-state index >= 15 is 0 Å². The zero-order valence-electron chi connectivity index (χ0n) is 8.83. The molecule has 0 radical (unpaired) electrons. The summed E-state index contributed by atoms with van der Waals surface area (Å²) in [5.74, 6) is 0.0997. The molecule has 0 amide bonds. The van der Waals surface area contributed by atoms with Gasteiger partial charge in [-0.2, -0.15) is 0 Å². The van der Waals surface area contributed by atoms with Gasteiger partial charge in [0.2, 0.25) is 10.0 Å². The largest absolute Gasteiger partial charge is 0.282 e. The van der Waals surface area contributed by atoms with Crippen molar-refractivity contribution in [2.75, 3.05) is 10.5 Å². The second-order valence-electron chi connectivity index (χ2n) is 3.40. The second kappa shape index (κ2) is 5.75. The molecule has 0 aromatic heterocycles. The van der Waals surface area contributed by atoms with Crippen LogP contribution < -0.4 is 4.72 Å². The molecule has 3 nitrogen and oxygen atoms in total. The third-order valence-corrected chi connectivity index (χ3v) is 3.87. The van der Waals surface area contributed by atoms with Crippen LogP contribution in [0.1, 0.15) is 19.8 Å². The molecule has 0 fully saturated rings. The van der Waals surface area contributed by atoms with Crippen molar-refractivity contribution in [3.8, 4) is 0 Å². The van der Waals surface area contributed by atoms with E-state index in [2.05, 4.69) is 4.72 Å². The summed E-state index contributed by atoms with van der Waals surface area (Å²) >= 11 is 11.6. The number of unbranched alkanes of at least 4 members (excludes halogenated alkanes) is 1. The number of halogens is 2.